The molecule has 0 radical (unpaired) electrons. The molecule has 0 saturated heterocycles. The van der Waals surface area contributed by atoms with Crippen LogP contribution in [0.25, 0.3) is 0 Å². The van der Waals surface area contributed by atoms with Crippen LogP contribution < -0.4 is 16.4 Å². The van der Waals surface area contributed by atoms with Crippen LogP contribution in [0, 0.1) is 29.6 Å². The van der Waals surface area contributed by atoms with Gasteiger partial charge in [0, 0.05) is 39.1 Å². The molecule has 0 aliphatic heterocycles. The molecule has 0 aromatic heterocycles. The van der Waals surface area contributed by atoms with Gasteiger partial charge in [-0.1, -0.05) is 0 Å². The van der Waals surface area contributed by atoms with E-state index >= 15 is 0 Å². The zero-order chi connectivity index (χ0) is 22.9. The third kappa shape index (κ3) is 11.7. The number of carbonyl (C=O) groups is 2. The van der Waals surface area contributed by atoms with Crippen LogP contribution in [-0.2, 0) is 23.7 Å². The van der Waals surface area contributed by atoms with Crippen LogP contribution in [0.3, 0.4) is 0 Å². The van der Waals surface area contributed by atoms with Crippen LogP contribution in [0.2, 0.25) is 0 Å². The van der Waals surface area contributed by atoms with E-state index in [-0.39, 0.29) is 18.5 Å². The first kappa shape index (κ1) is 26.4. The van der Waals surface area contributed by atoms with E-state index in [2.05, 4.69) is 22.5 Å². The van der Waals surface area contributed by atoms with Crippen molar-refractivity contribution in [3.8, 4) is 11.8 Å². The van der Waals surface area contributed by atoms with Crippen molar-refractivity contribution in [1.82, 2.24) is 10.6 Å². The molecule has 0 bridgehead atoms. The van der Waals surface area contributed by atoms with E-state index in [1.807, 2.05) is 0 Å². The molecule has 0 heterocycles. The van der Waals surface area contributed by atoms with Crippen LogP contribution in [0.4, 0.5) is 4.79 Å². The molecule has 2 aliphatic carbocycles. The SMILES string of the molecule is NCC(=O)NCCCOCCOCCOCCCNC(=O)OCC1C2CCC#CCCC21. The quantitative estimate of drug-likeness (QED) is 0.222. The molecule has 182 valence electrons. The maximum Gasteiger partial charge on any atom is 0.407 e. The van der Waals surface area contributed by atoms with Crippen LogP contribution in [0.15, 0.2) is 0 Å². The van der Waals surface area contributed by atoms with E-state index in [9.17, 15) is 9.59 Å². The fourth-order valence-electron chi connectivity index (χ4n) is 3.89. The van der Waals surface area contributed by atoms with Crippen molar-refractivity contribution in [3.05, 3.63) is 0 Å². The molecule has 2 unspecified atom stereocenters. The van der Waals surface area contributed by atoms with Crippen molar-refractivity contribution in [1.29, 1.82) is 0 Å². The summed E-state index contributed by atoms with van der Waals surface area (Å²) in [5.41, 5.74) is 5.19. The predicted molar refractivity (Wildman–Crippen MR) is 120 cm³/mol. The van der Waals surface area contributed by atoms with E-state index in [0.717, 1.165) is 38.5 Å². The lowest BCUT2D eigenvalue weighted by Gasteiger charge is -2.08. The lowest BCUT2D eigenvalue weighted by Crippen LogP contribution is -2.31. The molecular weight excluding hydrogens is 414 g/mol. The molecular formula is C23H39N3O6. The fourth-order valence-corrected chi connectivity index (χ4v) is 3.89. The Kier molecular flexibility index (Phi) is 13.8. The largest absolute Gasteiger partial charge is 0.449 e. The third-order valence-electron chi connectivity index (χ3n) is 5.70. The van der Waals surface area contributed by atoms with Gasteiger partial charge in [-0.15, -0.1) is 11.8 Å². The number of nitrogens with two attached hydrogens (primary N) is 1. The molecule has 0 spiro atoms. The minimum Gasteiger partial charge on any atom is -0.449 e. The molecule has 0 aromatic rings. The number of hydrogen-bond acceptors (Lipinski definition) is 7. The minimum atomic E-state index is -0.342. The summed E-state index contributed by atoms with van der Waals surface area (Å²) in [6.45, 7) is 4.76. The molecule has 2 rings (SSSR count). The maximum atomic E-state index is 11.8. The number of fused-ring (bicyclic) bond motifs is 1. The molecule has 9 heteroatoms. The lowest BCUT2D eigenvalue weighted by molar-refractivity contribution is -0.119. The Morgan fingerprint density at radius 1 is 0.812 bits per heavy atom. The summed E-state index contributed by atoms with van der Waals surface area (Å²) < 4.78 is 21.7. The monoisotopic (exact) mass is 453 g/mol. The van der Waals surface area contributed by atoms with Crippen molar-refractivity contribution < 1.29 is 28.5 Å². The van der Waals surface area contributed by atoms with Crippen molar-refractivity contribution in [2.45, 2.75) is 38.5 Å². The number of rotatable bonds is 17. The maximum absolute atomic E-state index is 11.8. The van der Waals surface area contributed by atoms with Gasteiger partial charge in [0.05, 0.1) is 39.6 Å². The average molecular weight is 454 g/mol. The highest BCUT2D eigenvalue weighted by Gasteiger charge is 2.49. The summed E-state index contributed by atoms with van der Waals surface area (Å²) in [4.78, 5) is 22.8. The average Bonchev–Trinajstić information content (AvgIpc) is 3.43. The van der Waals surface area contributed by atoms with Gasteiger partial charge in [-0.3, -0.25) is 4.79 Å². The third-order valence-corrected chi connectivity index (χ3v) is 5.70. The van der Waals surface area contributed by atoms with Gasteiger partial charge in [0.25, 0.3) is 0 Å². The summed E-state index contributed by atoms with van der Waals surface area (Å²) >= 11 is 0. The molecule has 0 aromatic carbocycles. The van der Waals surface area contributed by atoms with Crippen LogP contribution in [0.5, 0.6) is 0 Å². The minimum absolute atomic E-state index is 0.0116. The number of carbonyl (C=O) groups excluding carboxylic acids is 2. The summed E-state index contributed by atoms with van der Waals surface area (Å²) in [6, 6.07) is 0. The Bertz CT molecular complexity index is 588. The predicted octanol–water partition coefficient (Wildman–Crippen LogP) is 1.06. The lowest BCUT2D eigenvalue weighted by atomic mass is 10.1. The van der Waals surface area contributed by atoms with Gasteiger partial charge < -0.3 is 35.3 Å². The molecule has 32 heavy (non-hydrogen) atoms. The summed E-state index contributed by atoms with van der Waals surface area (Å²) in [7, 11) is 0. The molecule has 1 saturated carbocycles. The first-order valence-corrected chi connectivity index (χ1v) is 11.8. The zero-order valence-electron chi connectivity index (χ0n) is 19.1. The Morgan fingerprint density at radius 3 is 1.91 bits per heavy atom. The van der Waals surface area contributed by atoms with Crippen LogP contribution in [0.1, 0.15) is 38.5 Å². The molecule has 4 N–H and O–H groups in total. The van der Waals surface area contributed by atoms with Crippen molar-refractivity contribution in [2.24, 2.45) is 23.5 Å². The molecule has 2 atom stereocenters. The van der Waals surface area contributed by atoms with E-state index in [1.54, 1.807) is 0 Å². The number of amides is 2. The van der Waals surface area contributed by atoms with Gasteiger partial charge in [0.1, 0.15) is 0 Å². The summed E-state index contributed by atoms with van der Waals surface area (Å²) in [6.07, 6.45) is 5.35. The first-order valence-electron chi connectivity index (χ1n) is 11.8. The second kappa shape index (κ2) is 16.7. The van der Waals surface area contributed by atoms with Crippen molar-refractivity contribution in [3.63, 3.8) is 0 Å². The second-order valence-electron chi connectivity index (χ2n) is 8.05. The number of alkyl carbamates (subject to hydrolysis) is 1. The Morgan fingerprint density at radius 2 is 1.34 bits per heavy atom. The van der Waals surface area contributed by atoms with Gasteiger partial charge in [0.2, 0.25) is 5.91 Å². The zero-order valence-corrected chi connectivity index (χ0v) is 19.1. The smallest absolute Gasteiger partial charge is 0.407 e. The van der Waals surface area contributed by atoms with E-state index in [0.29, 0.717) is 77.1 Å². The number of ether oxygens (including phenoxy) is 4. The van der Waals surface area contributed by atoms with Crippen molar-refractivity contribution in [2.75, 3.05) is 65.9 Å². The van der Waals surface area contributed by atoms with E-state index in [4.69, 9.17) is 24.7 Å². The number of nitrogens with one attached hydrogen (secondary N) is 2. The standard InChI is InChI=1S/C23H39N3O6/c24-17-22(27)25-9-5-11-29-13-15-31-16-14-30-12-6-10-26-23(28)32-18-21-19-7-3-1-2-4-8-20(19)21/h19-21H,3-18,24H2,(H,25,27)(H,26,28). The molecule has 1 fully saturated rings. The van der Waals surface area contributed by atoms with Gasteiger partial charge in [0.15, 0.2) is 0 Å². The summed E-state index contributed by atoms with van der Waals surface area (Å²) in [5, 5.41) is 5.46. The van der Waals surface area contributed by atoms with E-state index in [1.165, 1.54) is 0 Å². The summed E-state index contributed by atoms with van der Waals surface area (Å²) in [5.74, 6) is 8.13. The topological polar surface area (TPSA) is 121 Å². The Hall–Kier alpha value is -1.86. The van der Waals surface area contributed by atoms with E-state index < -0.39 is 0 Å². The van der Waals surface area contributed by atoms with Gasteiger partial charge in [-0.05, 0) is 43.4 Å². The molecule has 2 amide bonds. The molecule has 9 nitrogen and oxygen atoms in total. The highest BCUT2D eigenvalue weighted by atomic mass is 16.6. The fraction of sp³-hybridized carbons (Fsp3) is 0.826. The van der Waals surface area contributed by atoms with Gasteiger partial charge >= 0.3 is 6.09 Å². The van der Waals surface area contributed by atoms with Crippen LogP contribution >= 0.6 is 0 Å². The number of hydrogen-bond donors (Lipinski definition) is 3. The molecule has 2 aliphatic rings. The highest BCUT2D eigenvalue weighted by Crippen LogP contribution is 2.52. The second-order valence-corrected chi connectivity index (χ2v) is 8.05. The normalized spacial score (nSPS) is 21.3. The Labute approximate surface area is 191 Å². The Balaban J connectivity index is 1.28. The van der Waals surface area contributed by atoms with Gasteiger partial charge in [-0.25, -0.2) is 4.79 Å². The highest BCUT2D eigenvalue weighted by molar-refractivity contribution is 5.77. The van der Waals surface area contributed by atoms with Crippen LogP contribution in [-0.4, -0.2) is 77.9 Å². The first-order chi connectivity index (χ1) is 15.7. The van der Waals surface area contributed by atoms with Crippen molar-refractivity contribution >= 4 is 12.0 Å². The van der Waals surface area contributed by atoms with Gasteiger partial charge in [-0.2, -0.15) is 0 Å².